The average Bonchev–Trinajstić information content (AvgIpc) is 3.43. The highest BCUT2D eigenvalue weighted by Crippen LogP contribution is 2.41. The third kappa shape index (κ3) is 3.45. The van der Waals surface area contributed by atoms with Crippen molar-refractivity contribution in [3.8, 4) is 0 Å². The van der Waals surface area contributed by atoms with Crippen LogP contribution in [0.1, 0.15) is 55.8 Å². The number of hydrogen-bond acceptors (Lipinski definition) is 6. The summed E-state index contributed by atoms with van der Waals surface area (Å²) in [4.78, 5) is 22.2. The Morgan fingerprint density at radius 1 is 1.33 bits per heavy atom. The minimum Gasteiger partial charge on any atom is -0.392 e. The molecule has 0 bridgehead atoms. The molecule has 0 saturated heterocycles. The molecule has 2 atom stereocenters. The van der Waals surface area contributed by atoms with Gasteiger partial charge >= 0.3 is 0 Å². The van der Waals surface area contributed by atoms with Crippen molar-refractivity contribution in [1.29, 1.82) is 0 Å². The van der Waals surface area contributed by atoms with Crippen molar-refractivity contribution < 1.29 is 9.90 Å². The highest BCUT2D eigenvalue weighted by Gasteiger charge is 2.36. The van der Waals surface area contributed by atoms with Crippen LogP contribution in [0, 0.1) is 0 Å². The molecule has 3 aromatic rings. The van der Waals surface area contributed by atoms with E-state index in [1.54, 1.807) is 6.92 Å². The largest absolute Gasteiger partial charge is 0.392 e. The maximum atomic E-state index is 13.0. The maximum absolute atomic E-state index is 13.0. The molecule has 1 amide bonds. The monoisotopic (exact) mass is 470 g/mol. The van der Waals surface area contributed by atoms with Gasteiger partial charge in [0, 0.05) is 22.9 Å². The van der Waals surface area contributed by atoms with Crippen molar-refractivity contribution >= 4 is 44.5 Å². The molecule has 0 spiro atoms. The van der Waals surface area contributed by atoms with Crippen molar-refractivity contribution in [1.82, 2.24) is 19.7 Å². The van der Waals surface area contributed by atoms with Crippen molar-refractivity contribution in [2.45, 2.75) is 50.7 Å². The molecule has 1 aliphatic carbocycles. The average molecular weight is 471 g/mol. The Hall–Kier alpha value is -2.52. The van der Waals surface area contributed by atoms with Crippen molar-refractivity contribution in [3.63, 3.8) is 0 Å². The van der Waals surface area contributed by atoms with E-state index < -0.39 is 12.0 Å². The lowest BCUT2D eigenvalue weighted by Crippen LogP contribution is -2.19. The Bertz CT molecular complexity index is 1120. The second-order valence-electron chi connectivity index (χ2n) is 8.10. The normalized spacial score (nSPS) is 19.8. The highest BCUT2D eigenvalue weighted by molar-refractivity contribution is 9.10. The first-order valence-electron chi connectivity index (χ1n) is 10.3. The number of rotatable bonds is 5. The summed E-state index contributed by atoms with van der Waals surface area (Å²) in [5.41, 5.74) is 2.87. The topological polar surface area (TPSA) is 105 Å². The number of fused-ring (bicyclic) bond motifs is 2. The summed E-state index contributed by atoms with van der Waals surface area (Å²) in [5.74, 6) is -0.291. The van der Waals surface area contributed by atoms with E-state index in [1.165, 1.54) is 12.8 Å². The number of halogens is 1. The molecule has 9 heteroatoms. The summed E-state index contributed by atoms with van der Waals surface area (Å²) in [5, 5.41) is 21.2. The van der Waals surface area contributed by atoms with E-state index in [2.05, 4.69) is 31.5 Å². The number of nitrogens with zero attached hydrogens (tertiary/aromatic N) is 4. The third-order valence-corrected chi connectivity index (χ3v) is 6.29. The number of anilines is 2. The first kappa shape index (κ1) is 19.4. The number of amides is 1. The molecule has 1 saturated carbocycles. The minimum atomic E-state index is -0.546. The lowest BCUT2D eigenvalue weighted by atomic mass is 9.95. The summed E-state index contributed by atoms with van der Waals surface area (Å²) >= 11 is 3.51. The predicted molar refractivity (Wildman–Crippen MR) is 118 cm³/mol. The number of aromatic nitrogens is 4. The molecule has 1 unspecified atom stereocenters. The van der Waals surface area contributed by atoms with Crippen LogP contribution in [0.2, 0.25) is 0 Å². The van der Waals surface area contributed by atoms with Gasteiger partial charge in [-0.15, -0.1) is 0 Å². The van der Waals surface area contributed by atoms with Crippen LogP contribution >= 0.6 is 15.9 Å². The fourth-order valence-electron chi connectivity index (χ4n) is 4.34. The van der Waals surface area contributed by atoms with Gasteiger partial charge in [-0.05, 0) is 43.5 Å². The summed E-state index contributed by atoms with van der Waals surface area (Å²) in [6.45, 7) is 2.01. The smallest absolute Gasteiger partial charge is 0.238 e. The molecule has 3 heterocycles. The molecule has 8 nitrogen and oxygen atoms in total. The zero-order valence-corrected chi connectivity index (χ0v) is 18.2. The van der Waals surface area contributed by atoms with Gasteiger partial charge < -0.3 is 15.7 Å². The van der Waals surface area contributed by atoms with Crippen LogP contribution in [0.3, 0.4) is 0 Å². The number of aliphatic hydroxyl groups excluding tert-OH is 1. The van der Waals surface area contributed by atoms with Gasteiger partial charge in [0.1, 0.15) is 5.92 Å². The summed E-state index contributed by atoms with van der Waals surface area (Å²) in [6, 6.07) is 6.12. The zero-order chi connectivity index (χ0) is 20.8. The highest BCUT2D eigenvalue weighted by atomic mass is 79.9. The number of carbonyl (C=O) groups excluding carboxylic acids is 1. The standard InChI is InChI=1S/C21H23BrN6O2/c1-11(29)9-23-21-25-18(17-14-8-12(22)6-7-16(14)24-20(17)30)15-10-28(27-19(15)26-21)13-4-2-3-5-13/h6-8,10-11,13,17,29H,2-5,9H2,1H3,(H,24,30)(H,23,26,27)/t11-,17?/m1/s1. The second kappa shape index (κ2) is 7.63. The minimum absolute atomic E-state index is 0.113. The SMILES string of the molecule is C[C@@H](O)CNc1nc(C2C(=O)Nc3ccc(Br)cc32)c2cn(C3CCCC3)nc2n1. The van der Waals surface area contributed by atoms with Gasteiger partial charge in [-0.3, -0.25) is 9.48 Å². The second-order valence-corrected chi connectivity index (χ2v) is 9.02. The molecule has 0 radical (unpaired) electrons. The van der Waals surface area contributed by atoms with E-state index in [9.17, 15) is 9.90 Å². The van der Waals surface area contributed by atoms with Crippen LogP contribution in [0.5, 0.6) is 0 Å². The van der Waals surface area contributed by atoms with E-state index in [1.807, 2.05) is 29.1 Å². The number of nitrogens with one attached hydrogen (secondary N) is 2. The van der Waals surface area contributed by atoms with Crippen LogP contribution < -0.4 is 10.6 Å². The number of hydrogen-bond donors (Lipinski definition) is 3. The van der Waals surface area contributed by atoms with Gasteiger partial charge in [-0.2, -0.15) is 10.1 Å². The van der Waals surface area contributed by atoms with Crippen LogP contribution in [0.15, 0.2) is 28.9 Å². The lowest BCUT2D eigenvalue weighted by Gasteiger charge is -2.13. The number of aliphatic hydroxyl groups is 1. The summed E-state index contributed by atoms with van der Waals surface area (Å²) in [6.07, 6.45) is 6.05. The fourth-order valence-corrected chi connectivity index (χ4v) is 4.72. The zero-order valence-electron chi connectivity index (χ0n) is 16.6. The molecule has 2 aliphatic rings. The van der Waals surface area contributed by atoms with Gasteiger partial charge in [-0.1, -0.05) is 28.8 Å². The summed E-state index contributed by atoms with van der Waals surface area (Å²) in [7, 11) is 0. The van der Waals surface area contributed by atoms with Crippen molar-refractivity contribution in [2.24, 2.45) is 0 Å². The first-order chi connectivity index (χ1) is 14.5. The Balaban J connectivity index is 1.65. The van der Waals surface area contributed by atoms with Gasteiger partial charge in [0.05, 0.1) is 23.2 Å². The van der Waals surface area contributed by atoms with Crippen molar-refractivity contribution in [2.75, 3.05) is 17.2 Å². The Kier molecular flexibility index (Phi) is 4.94. The Labute approximate surface area is 182 Å². The molecule has 5 rings (SSSR count). The van der Waals surface area contributed by atoms with Gasteiger partial charge in [0.15, 0.2) is 5.65 Å². The van der Waals surface area contributed by atoms with E-state index in [4.69, 9.17) is 10.1 Å². The van der Waals surface area contributed by atoms with Crippen LogP contribution in [0.4, 0.5) is 11.6 Å². The van der Waals surface area contributed by atoms with Crippen molar-refractivity contribution in [3.05, 3.63) is 40.1 Å². The fraction of sp³-hybridized carbons (Fsp3) is 0.429. The molecular weight excluding hydrogens is 448 g/mol. The van der Waals surface area contributed by atoms with Gasteiger partial charge in [-0.25, -0.2) is 4.98 Å². The van der Waals surface area contributed by atoms with E-state index in [0.29, 0.717) is 29.9 Å². The summed E-state index contributed by atoms with van der Waals surface area (Å²) < 4.78 is 2.89. The van der Waals surface area contributed by atoms with Crippen LogP contribution in [-0.2, 0) is 4.79 Å². The maximum Gasteiger partial charge on any atom is 0.238 e. The predicted octanol–water partition coefficient (Wildman–Crippen LogP) is 3.58. The molecule has 1 aliphatic heterocycles. The van der Waals surface area contributed by atoms with Gasteiger partial charge in [0.25, 0.3) is 0 Å². The Morgan fingerprint density at radius 2 is 2.13 bits per heavy atom. The first-order valence-corrected chi connectivity index (χ1v) is 11.1. The molecule has 1 aromatic carbocycles. The molecule has 30 heavy (non-hydrogen) atoms. The Morgan fingerprint density at radius 3 is 2.90 bits per heavy atom. The third-order valence-electron chi connectivity index (χ3n) is 5.80. The molecule has 3 N–H and O–H groups in total. The number of benzene rings is 1. The van der Waals surface area contributed by atoms with Crippen LogP contribution in [0.25, 0.3) is 11.0 Å². The molecule has 1 fully saturated rings. The van der Waals surface area contributed by atoms with E-state index in [0.717, 1.165) is 34.0 Å². The van der Waals surface area contributed by atoms with Gasteiger partial charge in [0.2, 0.25) is 11.9 Å². The quantitative estimate of drug-likeness (QED) is 0.526. The molecule has 2 aromatic heterocycles. The van der Waals surface area contributed by atoms with E-state index in [-0.39, 0.29) is 5.91 Å². The van der Waals surface area contributed by atoms with E-state index >= 15 is 0 Å². The lowest BCUT2D eigenvalue weighted by molar-refractivity contribution is -0.116. The molecular formula is C21H23BrN6O2. The molecule has 156 valence electrons. The van der Waals surface area contributed by atoms with Crippen LogP contribution in [-0.4, -0.2) is 43.4 Å². The number of carbonyl (C=O) groups is 1.